The molecule has 0 unspecified atom stereocenters. The molecule has 1 saturated carbocycles. The number of benzene rings is 1. The number of carbonyl (C=O) groups excluding carboxylic acids is 1. The number of primary amides is 1. The van der Waals surface area contributed by atoms with Crippen molar-refractivity contribution < 1.29 is 13.2 Å². The number of nitrogen functional groups attached to an aromatic ring is 1. The van der Waals surface area contributed by atoms with Gasteiger partial charge in [0.15, 0.2) is 0 Å². The van der Waals surface area contributed by atoms with Crippen molar-refractivity contribution in [1.82, 2.24) is 4.31 Å². The summed E-state index contributed by atoms with van der Waals surface area (Å²) in [6, 6.07) is 4.01. The SMILES string of the molecule is CN(CC1CCC1)S(=O)(=O)c1ccc(C(N)=O)cc1N. The molecule has 1 aliphatic carbocycles. The second-order valence-corrected chi connectivity index (χ2v) is 7.21. The smallest absolute Gasteiger partial charge is 0.248 e. The maximum absolute atomic E-state index is 12.4. The molecule has 0 saturated heterocycles. The summed E-state index contributed by atoms with van der Waals surface area (Å²) in [5, 5.41) is 0. The summed E-state index contributed by atoms with van der Waals surface area (Å²) in [7, 11) is -2.08. The van der Waals surface area contributed by atoms with Crippen molar-refractivity contribution in [3.8, 4) is 0 Å². The average molecular weight is 297 g/mol. The average Bonchev–Trinajstić information content (AvgIpc) is 2.32. The number of rotatable bonds is 5. The molecule has 20 heavy (non-hydrogen) atoms. The second kappa shape index (κ2) is 5.41. The molecule has 0 bridgehead atoms. The molecule has 0 heterocycles. The van der Waals surface area contributed by atoms with Gasteiger partial charge in [0.2, 0.25) is 15.9 Å². The Hall–Kier alpha value is -1.60. The lowest BCUT2D eigenvalue weighted by Crippen LogP contribution is -2.34. The Morgan fingerprint density at radius 3 is 2.50 bits per heavy atom. The van der Waals surface area contributed by atoms with Crippen molar-refractivity contribution in [2.24, 2.45) is 11.7 Å². The lowest BCUT2D eigenvalue weighted by atomic mass is 9.86. The molecule has 1 aromatic carbocycles. The van der Waals surface area contributed by atoms with Gasteiger partial charge >= 0.3 is 0 Å². The number of nitrogens with zero attached hydrogens (tertiary/aromatic N) is 1. The Bertz CT molecular complexity index is 624. The predicted molar refractivity (Wildman–Crippen MR) is 76.5 cm³/mol. The molecule has 4 N–H and O–H groups in total. The van der Waals surface area contributed by atoms with Crippen molar-refractivity contribution in [2.45, 2.75) is 24.2 Å². The first-order valence-electron chi connectivity index (χ1n) is 6.48. The van der Waals surface area contributed by atoms with Gasteiger partial charge in [-0.05, 0) is 37.0 Å². The van der Waals surface area contributed by atoms with E-state index in [-0.39, 0.29) is 16.1 Å². The lowest BCUT2D eigenvalue weighted by molar-refractivity contribution is 0.1000. The first kappa shape index (κ1) is 14.8. The van der Waals surface area contributed by atoms with Crippen molar-refractivity contribution >= 4 is 21.6 Å². The van der Waals surface area contributed by atoms with Gasteiger partial charge in [-0.2, -0.15) is 0 Å². The Balaban J connectivity index is 2.26. The first-order chi connectivity index (χ1) is 9.32. The maximum Gasteiger partial charge on any atom is 0.248 e. The van der Waals surface area contributed by atoms with Gasteiger partial charge in [-0.1, -0.05) is 6.42 Å². The highest BCUT2D eigenvalue weighted by Crippen LogP contribution is 2.29. The summed E-state index contributed by atoms with van der Waals surface area (Å²) >= 11 is 0. The van der Waals surface area contributed by atoms with Crippen LogP contribution in [-0.4, -0.2) is 32.2 Å². The third-order valence-electron chi connectivity index (χ3n) is 3.72. The molecule has 0 aliphatic heterocycles. The van der Waals surface area contributed by atoms with Crippen LogP contribution >= 0.6 is 0 Å². The summed E-state index contributed by atoms with van der Waals surface area (Å²) in [5.41, 5.74) is 11.1. The molecule has 0 atom stereocenters. The molecule has 1 fully saturated rings. The number of sulfonamides is 1. The summed E-state index contributed by atoms with van der Waals surface area (Å²) in [4.78, 5) is 11.1. The first-order valence-corrected chi connectivity index (χ1v) is 7.92. The van der Waals surface area contributed by atoms with Crippen LogP contribution in [0.5, 0.6) is 0 Å². The molecular formula is C13H19N3O3S. The minimum atomic E-state index is -3.63. The lowest BCUT2D eigenvalue weighted by Gasteiger charge is -2.29. The normalized spacial score (nSPS) is 16.1. The number of anilines is 1. The summed E-state index contributed by atoms with van der Waals surface area (Å²) in [5.74, 6) is -0.204. The van der Waals surface area contributed by atoms with Gasteiger partial charge in [0.05, 0.1) is 5.69 Å². The van der Waals surface area contributed by atoms with Crippen molar-refractivity contribution in [1.29, 1.82) is 0 Å². The van der Waals surface area contributed by atoms with Gasteiger partial charge in [0, 0.05) is 19.2 Å². The van der Waals surface area contributed by atoms with E-state index in [1.165, 1.54) is 22.5 Å². The number of amides is 1. The largest absolute Gasteiger partial charge is 0.398 e. The molecule has 1 aliphatic rings. The minimum Gasteiger partial charge on any atom is -0.398 e. The Labute approximate surface area is 118 Å². The summed E-state index contributed by atoms with van der Waals surface area (Å²) in [6.45, 7) is 0.499. The highest BCUT2D eigenvalue weighted by Gasteiger charge is 2.28. The van der Waals surface area contributed by atoms with E-state index in [0.29, 0.717) is 12.5 Å². The standard InChI is InChI=1S/C13H19N3O3S/c1-16(8-9-3-2-4-9)20(18,19)12-6-5-10(13(15)17)7-11(12)14/h5-7,9H,2-4,8,14H2,1H3,(H2,15,17). The highest BCUT2D eigenvalue weighted by atomic mass is 32.2. The molecule has 0 spiro atoms. The van der Waals surface area contributed by atoms with Gasteiger partial charge < -0.3 is 11.5 Å². The molecular weight excluding hydrogens is 278 g/mol. The fourth-order valence-electron chi connectivity index (χ4n) is 2.24. The van der Waals surface area contributed by atoms with E-state index in [1.54, 1.807) is 7.05 Å². The zero-order valence-electron chi connectivity index (χ0n) is 11.4. The molecule has 0 radical (unpaired) electrons. The zero-order valence-corrected chi connectivity index (χ0v) is 12.2. The highest BCUT2D eigenvalue weighted by molar-refractivity contribution is 7.89. The van der Waals surface area contributed by atoms with Crippen LogP contribution < -0.4 is 11.5 Å². The van der Waals surface area contributed by atoms with Crippen molar-refractivity contribution in [3.05, 3.63) is 23.8 Å². The number of carbonyl (C=O) groups is 1. The predicted octanol–water partition coefficient (Wildman–Crippen LogP) is 0.788. The van der Waals surface area contributed by atoms with Crippen LogP contribution in [0.2, 0.25) is 0 Å². The third-order valence-corrected chi connectivity index (χ3v) is 5.62. The van der Waals surface area contributed by atoms with Crippen molar-refractivity contribution in [2.75, 3.05) is 19.3 Å². The molecule has 7 heteroatoms. The molecule has 2 rings (SSSR count). The maximum atomic E-state index is 12.4. The van der Waals surface area contributed by atoms with E-state index in [0.717, 1.165) is 19.3 Å². The van der Waals surface area contributed by atoms with Crippen LogP contribution in [-0.2, 0) is 10.0 Å². The van der Waals surface area contributed by atoms with E-state index >= 15 is 0 Å². The Morgan fingerprint density at radius 2 is 2.05 bits per heavy atom. The topological polar surface area (TPSA) is 106 Å². The van der Waals surface area contributed by atoms with Gasteiger partial charge in [0.25, 0.3) is 0 Å². The van der Waals surface area contributed by atoms with E-state index in [1.807, 2.05) is 0 Å². The van der Waals surface area contributed by atoms with Gasteiger partial charge in [-0.15, -0.1) is 0 Å². The molecule has 1 aromatic rings. The van der Waals surface area contributed by atoms with Gasteiger partial charge in [0.1, 0.15) is 4.90 Å². The molecule has 0 aromatic heterocycles. The van der Waals surface area contributed by atoms with E-state index in [2.05, 4.69) is 0 Å². The monoisotopic (exact) mass is 297 g/mol. The Morgan fingerprint density at radius 1 is 1.40 bits per heavy atom. The second-order valence-electron chi connectivity index (χ2n) is 5.20. The van der Waals surface area contributed by atoms with Crippen LogP contribution in [0.25, 0.3) is 0 Å². The quantitative estimate of drug-likeness (QED) is 0.783. The summed E-state index contributed by atoms with van der Waals surface area (Å²) < 4.78 is 26.2. The van der Waals surface area contributed by atoms with Crippen LogP contribution in [0.1, 0.15) is 29.6 Å². The fraction of sp³-hybridized carbons (Fsp3) is 0.462. The number of hydrogen-bond donors (Lipinski definition) is 2. The van der Waals surface area contributed by atoms with Crippen LogP contribution in [0.4, 0.5) is 5.69 Å². The minimum absolute atomic E-state index is 0.0179. The van der Waals surface area contributed by atoms with Crippen LogP contribution in [0.3, 0.4) is 0 Å². The van der Waals surface area contributed by atoms with Crippen LogP contribution in [0.15, 0.2) is 23.1 Å². The van der Waals surface area contributed by atoms with Crippen molar-refractivity contribution in [3.63, 3.8) is 0 Å². The number of nitrogens with two attached hydrogens (primary N) is 2. The molecule has 1 amide bonds. The van der Waals surface area contributed by atoms with Crippen LogP contribution in [0, 0.1) is 5.92 Å². The summed E-state index contributed by atoms with van der Waals surface area (Å²) in [6.07, 6.45) is 3.29. The van der Waals surface area contributed by atoms with Gasteiger partial charge in [-0.3, -0.25) is 4.79 Å². The molecule has 110 valence electrons. The zero-order chi connectivity index (χ0) is 14.9. The fourth-order valence-corrected chi connectivity index (χ4v) is 3.58. The Kier molecular flexibility index (Phi) is 4.01. The number of hydrogen-bond acceptors (Lipinski definition) is 4. The molecule has 6 nitrogen and oxygen atoms in total. The van der Waals surface area contributed by atoms with E-state index in [9.17, 15) is 13.2 Å². The van der Waals surface area contributed by atoms with Gasteiger partial charge in [-0.25, -0.2) is 12.7 Å². The van der Waals surface area contributed by atoms with E-state index in [4.69, 9.17) is 11.5 Å². The van der Waals surface area contributed by atoms with E-state index < -0.39 is 15.9 Å². The third kappa shape index (κ3) is 2.78.